The summed E-state index contributed by atoms with van der Waals surface area (Å²) < 4.78 is 1.91. The molecule has 5 heteroatoms. The summed E-state index contributed by atoms with van der Waals surface area (Å²) >= 11 is 7.04. The molecule has 0 bridgehead atoms. The number of nitrogens with one attached hydrogen (secondary N) is 1. The molecule has 0 unspecified atom stereocenters. The summed E-state index contributed by atoms with van der Waals surface area (Å²) in [5.74, 6) is 1.51. The molecule has 0 radical (unpaired) electrons. The highest BCUT2D eigenvalue weighted by Crippen LogP contribution is 2.30. The Morgan fingerprint density at radius 2 is 1.83 bits per heavy atom. The Bertz CT molecular complexity index is 597. The lowest BCUT2D eigenvalue weighted by Crippen LogP contribution is -2.01. The molecule has 18 heavy (non-hydrogen) atoms. The number of aromatic nitrogens is 2. The maximum absolute atomic E-state index is 4.51. The number of rotatable bonds is 2. The Morgan fingerprint density at radius 1 is 1.11 bits per heavy atom. The van der Waals surface area contributed by atoms with Gasteiger partial charge in [0, 0.05) is 17.1 Å². The van der Waals surface area contributed by atoms with Crippen molar-refractivity contribution in [3.05, 3.63) is 38.4 Å². The van der Waals surface area contributed by atoms with Crippen LogP contribution in [0.15, 0.2) is 27.1 Å². The molecule has 0 aliphatic heterocycles. The van der Waals surface area contributed by atoms with Gasteiger partial charge in [0.25, 0.3) is 0 Å². The lowest BCUT2D eigenvalue weighted by Gasteiger charge is -2.10. The van der Waals surface area contributed by atoms with Crippen LogP contribution in [0, 0.1) is 13.8 Å². The van der Waals surface area contributed by atoms with E-state index < -0.39 is 0 Å². The Hall–Kier alpha value is -0.940. The number of benzene rings is 1. The Labute approximate surface area is 123 Å². The first-order chi connectivity index (χ1) is 8.52. The third kappa shape index (κ3) is 2.57. The molecule has 0 spiro atoms. The first-order valence-corrected chi connectivity index (χ1v) is 7.10. The highest BCUT2D eigenvalue weighted by molar-refractivity contribution is 9.11. The lowest BCUT2D eigenvalue weighted by molar-refractivity contribution is 1.09. The van der Waals surface area contributed by atoms with Crippen LogP contribution in [0.25, 0.3) is 11.4 Å². The first-order valence-electron chi connectivity index (χ1n) is 5.51. The second-order valence-corrected chi connectivity index (χ2v) is 5.68. The second kappa shape index (κ2) is 5.36. The zero-order chi connectivity index (χ0) is 13.3. The molecule has 2 aromatic rings. The molecule has 3 nitrogen and oxygen atoms in total. The Kier molecular flexibility index (Phi) is 4.02. The summed E-state index contributed by atoms with van der Waals surface area (Å²) in [4.78, 5) is 9.03. The minimum absolute atomic E-state index is 0.715. The molecule has 0 amide bonds. The van der Waals surface area contributed by atoms with E-state index in [0.29, 0.717) is 5.82 Å². The third-order valence-corrected chi connectivity index (χ3v) is 4.22. The monoisotopic (exact) mass is 369 g/mol. The van der Waals surface area contributed by atoms with E-state index >= 15 is 0 Å². The molecule has 1 heterocycles. The molecule has 0 saturated heterocycles. The van der Waals surface area contributed by atoms with Gasteiger partial charge >= 0.3 is 0 Å². The van der Waals surface area contributed by atoms with Gasteiger partial charge in [0.2, 0.25) is 0 Å². The summed E-state index contributed by atoms with van der Waals surface area (Å²) in [6, 6.07) is 6.15. The van der Waals surface area contributed by atoms with Gasteiger partial charge in [0.15, 0.2) is 5.82 Å². The van der Waals surface area contributed by atoms with Gasteiger partial charge in [-0.15, -0.1) is 0 Å². The normalized spacial score (nSPS) is 10.5. The minimum atomic E-state index is 0.715. The second-order valence-electron chi connectivity index (χ2n) is 4.03. The van der Waals surface area contributed by atoms with Gasteiger partial charge in [-0.25, -0.2) is 9.97 Å². The van der Waals surface area contributed by atoms with Crippen LogP contribution in [0.2, 0.25) is 0 Å². The highest BCUT2D eigenvalue weighted by Gasteiger charge is 2.12. The van der Waals surface area contributed by atoms with E-state index in [0.717, 1.165) is 26.0 Å². The standard InChI is InChI=1S/C13H13Br2N3/c1-7-4-5-9(10(14)6-7)12-17-8(2)11(15)13(16-3)18-12/h4-6H,1-3H3,(H,16,17,18). The van der Waals surface area contributed by atoms with Crippen LogP contribution in [0.4, 0.5) is 5.82 Å². The largest absolute Gasteiger partial charge is 0.372 e. The van der Waals surface area contributed by atoms with Crippen molar-refractivity contribution in [2.45, 2.75) is 13.8 Å². The van der Waals surface area contributed by atoms with Gasteiger partial charge in [-0.1, -0.05) is 22.0 Å². The molecule has 94 valence electrons. The van der Waals surface area contributed by atoms with Crippen molar-refractivity contribution in [3.8, 4) is 11.4 Å². The predicted octanol–water partition coefficient (Wildman–Crippen LogP) is 4.33. The third-order valence-electron chi connectivity index (χ3n) is 2.62. The van der Waals surface area contributed by atoms with Crippen molar-refractivity contribution in [1.29, 1.82) is 0 Å². The van der Waals surface area contributed by atoms with Crippen LogP contribution in [-0.2, 0) is 0 Å². The van der Waals surface area contributed by atoms with Crippen molar-refractivity contribution in [3.63, 3.8) is 0 Å². The van der Waals surface area contributed by atoms with E-state index in [2.05, 4.69) is 66.2 Å². The summed E-state index contributed by atoms with van der Waals surface area (Å²) in [6.45, 7) is 4.01. The average Bonchev–Trinajstić information content (AvgIpc) is 2.32. The van der Waals surface area contributed by atoms with E-state index in [-0.39, 0.29) is 0 Å². The van der Waals surface area contributed by atoms with E-state index in [9.17, 15) is 0 Å². The number of nitrogens with zero attached hydrogens (tertiary/aromatic N) is 2. The molecule has 0 aliphatic carbocycles. The van der Waals surface area contributed by atoms with Crippen molar-refractivity contribution in [2.24, 2.45) is 0 Å². The molecule has 0 fully saturated rings. The average molecular weight is 371 g/mol. The van der Waals surface area contributed by atoms with Crippen LogP contribution in [-0.4, -0.2) is 17.0 Å². The molecule has 2 rings (SSSR count). The molecule has 1 aromatic heterocycles. The maximum Gasteiger partial charge on any atom is 0.162 e. The predicted molar refractivity (Wildman–Crippen MR) is 81.9 cm³/mol. The fourth-order valence-electron chi connectivity index (χ4n) is 1.65. The van der Waals surface area contributed by atoms with Crippen LogP contribution in [0.1, 0.15) is 11.3 Å². The number of aryl methyl sites for hydroxylation is 2. The molecular formula is C13H13Br2N3. The van der Waals surface area contributed by atoms with Crippen LogP contribution >= 0.6 is 31.9 Å². The fraction of sp³-hybridized carbons (Fsp3) is 0.231. The number of hydrogen-bond acceptors (Lipinski definition) is 3. The van der Waals surface area contributed by atoms with Gasteiger partial charge in [-0.3, -0.25) is 0 Å². The first kappa shape index (κ1) is 13.5. The van der Waals surface area contributed by atoms with E-state index in [4.69, 9.17) is 0 Å². The Morgan fingerprint density at radius 3 is 2.44 bits per heavy atom. The highest BCUT2D eigenvalue weighted by atomic mass is 79.9. The molecule has 0 aliphatic rings. The minimum Gasteiger partial charge on any atom is -0.372 e. The van der Waals surface area contributed by atoms with Crippen molar-refractivity contribution < 1.29 is 0 Å². The fourth-order valence-corrected chi connectivity index (χ4v) is 2.69. The number of hydrogen-bond donors (Lipinski definition) is 1. The summed E-state index contributed by atoms with van der Waals surface area (Å²) in [5, 5.41) is 3.06. The number of halogens is 2. The zero-order valence-corrected chi connectivity index (χ0v) is 13.6. The molecule has 1 aromatic carbocycles. The van der Waals surface area contributed by atoms with Crippen LogP contribution in [0.5, 0.6) is 0 Å². The molecular weight excluding hydrogens is 358 g/mol. The number of anilines is 1. The SMILES string of the molecule is CNc1nc(-c2ccc(C)cc2Br)nc(C)c1Br. The molecule has 0 saturated carbocycles. The van der Waals surface area contributed by atoms with Crippen LogP contribution in [0.3, 0.4) is 0 Å². The van der Waals surface area contributed by atoms with E-state index in [1.165, 1.54) is 5.56 Å². The smallest absolute Gasteiger partial charge is 0.162 e. The van der Waals surface area contributed by atoms with Crippen molar-refractivity contribution in [1.82, 2.24) is 9.97 Å². The summed E-state index contributed by atoms with van der Waals surface area (Å²) in [6.07, 6.45) is 0. The molecule has 1 N–H and O–H groups in total. The van der Waals surface area contributed by atoms with E-state index in [1.807, 2.05) is 20.0 Å². The van der Waals surface area contributed by atoms with Gasteiger partial charge < -0.3 is 5.32 Å². The Balaban J connectivity index is 2.60. The van der Waals surface area contributed by atoms with Gasteiger partial charge in [-0.2, -0.15) is 0 Å². The lowest BCUT2D eigenvalue weighted by atomic mass is 10.1. The summed E-state index contributed by atoms with van der Waals surface area (Å²) in [7, 11) is 1.85. The zero-order valence-electron chi connectivity index (χ0n) is 10.4. The van der Waals surface area contributed by atoms with Gasteiger partial charge in [-0.05, 0) is 47.5 Å². The van der Waals surface area contributed by atoms with Crippen molar-refractivity contribution in [2.75, 3.05) is 12.4 Å². The van der Waals surface area contributed by atoms with E-state index in [1.54, 1.807) is 0 Å². The summed E-state index contributed by atoms with van der Waals surface area (Å²) in [5.41, 5.74) is 3.11. The van der Waals surface area contributed by atoms with Crippen LogP contribution < -0.4 is 5.32 Å². The molecule has 0 atom stereocenters. The van der Waals surface area contributed by atoms with Gasteiger partial charge in [0.1, 0.15) is 5.82 Å². The topological polar surface area (TPSA) is 37.8 Å². The quantitative estimate of drug-likeness (QED) is 0.854. The maximum atomic E-state index is 4.51. The van der Waals surface area contributed by atoms with Crippen molar-refractivity contribution >= 4 is 37.7 Å². The van der Waals surface area contributed by atoms with Gasteiger partial charge in [0.05, 0.1) is 10.2 Å².